The van der Waals surface area contributed by atoms with Gasteiger partial charge in [0.15, 0.2) is 0 Å². The topological polar surface area (TPSA) is 25.2 Å². The Morgan fingerprint density at radius 3 is 2.88 bits per heavy atom. The van der Waals surface area contributed by atoms with E-state index in [1.165, 1.54) is 11.2 Å². The van der Waals surface area contributed by atoms with Gasteiger partial charge in [-0.3, -0.25) is 4.79 Å². The Hall–Kier alpha value is -1.29. The highest BCUT2D eigenvalue weighted by Crippen LogP contribution is 2.36. The van der Waals surface area contributed by atoms with Gasteiger partial charge in [-0.25, -0.2) is 0 Å². The summed E-state index contributed by atoms with van der Waals surface area (Å²) in [5.74, 6) is 0.179. The van der Waals surface area contributed by atoms with Gasteiger partial charge in [-0.15, -0.1) is 11.3 Å². The molecule has 1 amide bonds. The molecule has 4 heteroatoms. The van der Waals surface area contributed by atoms with Crippen molar-refractivity contribution in [3.05, 3.63) is 22.7 Å². The standard InChI is InChI=1S/C13H16N2OS/c1-8(2)15-9-4-6-14(3)13(16)11(9)12-10(15)5-7-17-12/h5,7-8H,4,6H2,1-3H3. The fourth-order valence-corrected chi connectivity index (χ4v) is 3.64. The van der Waals surface area contributed by atoms with Gasteiger partial charge in [0, 0.05) is 31.7 Å². The van der Waals surface area contributed by atoms with E-state index in [-0.39, 0.29) is 5.91 Å². The predicted molar refractivity (Wildman–Crippen MR) is 70.9 cm³/mol. The number of carbonyl (C=O) groups excluding carboxylic acids is 1. The molecule has 0 aliphatic carbocycles. The van der Waals surface area contributed by atoms with Crippen LogP contribution in [0, 0.1) is 0 Å². The van der Waals surface area contributed by atoms with E-state index in [4.69, 9.17) is 0 Å². The summed E-state index contributed by atoms with van der Waals surface area (Å²) in [6.45, 7) is 5.19. The van der Waals surface area contributed by atoms with Gasteiger partial charge >= 0.3 is 0 Å². The van der Waals surface area contributed by atoms with Crippen LogP contribution in [0.2, 0.25) is 0 Å². The average Bonchev–Trinajstić information content (AvgIpc) is 2.81. The maximum atomic E-state index is 12.3. The Morgan fingerprint density at radius 2 is 2.18 bits per heavy atom. The molecule has 0 unspecified atom stereocenters. The van der Waals surface area contributed by atoms with E-state index in [9.17, 15) is 4.79 Å². The highest BCUT2D eigenvalue weighted by atomic mass is 32.1. The Morgan fingerprint density at radius 1 is 1.41 bits per heavy atom. The molecule has 0 radical (unpaired) electrons. The molecule has 0 bridgehead atoms. The van der Waals surface area contributed by atoms with Gasteiger partial charge < -0.3 is 9.47 Å². The van der Waals surface area contributed by atoms with Crippen LogP contribution in [-0.4, -0.2) is 29.0 Å². The number of likely N-dealkylation sites (N-methyl/N-ethyl adjacent to an activating group) is 1. The largest absolute Gasteiger partial charge is 0.341 e. The van der Waals surface area contributed by atoms with Crippen LogP contribution in [0.15, 0.2) is 11.4 Å². The second kappa shape index (κ2) is 3.60. The molecule has 3 nitrogen and oxygen atoms in total. The normalized spacial score (nSPS) is 16.0. The second-order valence-electron chi connectivity index (χ2n) is 4.90. The summed E-state index contributed by atoms with van der Waals surface area (Å²) in [5, 5.41) is 2.08. The molecular weight excluding hydrogens is 232 g/mol. The van der Waals surface area contributed by atoms with Gasteiger partial charge in [-0.2, -0.15) is 0 Å². The van der Waals surface area contributed by atoms with Gasteiger partial charge in [0.1, 0.15) is 0 Å². The summed E-state index contributed by atoms with van der Waals surface area (Å²) in [5.41, 5.74) is 3.39. The third-order valence-corrected chi connectivity index (χ3v) is 4.39. The third-order valence-electron chi connectivity index (χ3n) is 3.47. The Bertz CT molecular complexity index is 594. The molecule has 0 N–H and O–H groups in total. The lowest BCUT2D eigenvalue weighted by molar-refractivity contribution is 0.0781. The summed E-state index contributed by atoms with van der Waals surface area (Å²) in [7, 11) is 1.89. The van der Waals surface area contributed by atoms with Crippen LogP contribution in [-0.2, 0) is 6.42 Å². The van der Waals surface area contributed by atoms with E-state index in [2.05, 4.69) is 29.9 Å². The van der Waals surface area contributed by atoms with Crippen molar-refractivity contribution in [2.75, 3.05) is 13.6 Å². The number of hydrogen-bond donors (Lipinski definition) is 0. The highest BCUT2D eigenvalue weighted by Gasteiger charge is 2.30. The fourth-order valence-electron chi connectivity index (χ4n) is 2.70. The van der Waals surface area contributed by atoms with Gasteiger partial charge in [-0.1, -0.05) is 0 Å². The Balaban J connectivity index is 2.36. The Kier molecular flexibility index (Phi) is 2.30. The molecule has 1 aliphatic rings. The molecule has 0 fully saturated rings. The molecule has 0 aromatic carbocycles. The summed E-state index contributed by atoms with van der Waals surface area (Å²) >= 11 is 1.68. The van der Waals surface area contributed by atoms with Crippen molar-refractivity contribution in [3.63, 3.8) is 0 Å². The van der Waals surface area contributed by atoms with E-state index in [1.54, 1.807) is 11.3 Å². The first-order valence-corrected chi connectivity index (χ1v) is 6.85. The molecule has 3 rings (SSSR count). The van der Waals surface area contributed by atoms with Crippen LogP contribution < -0.4 is 0 Å². The zero-order valence-corrected chi connectivity index (χ0v) is 11.2. The zero-order chi connectivity index (χ0) is 12.2. The summed E-state index contributed by atoms with van der Waals surface area (Å²) < 4.78 is 3.48. The molecule has 0 spiro atoms. The van der Waals surface area contributed by atoms with E-state index in [0.29, 0.717) is 6.04 Å². The maximum absolute atomic E-state index is 12.3. The minimum absolute atomic E-state index is 0.179. The summed E-state index contributed by atoms with van der Waals surface area (Å²) in [6.07, 6.45) is 0.969. The van der Waals surface area contributed by atoms with Crippen LogP contribution >= 0.6 is 11.3 Å². The van der Waals surface area contributed by atoms with E-state index < -0.39 is 0 Å². The fraction of sp³-hybridized carbons (Fsp3) is 0.462. The minimum Gasteiger partial charge on any atom is -0.341 e. The first-order valence-electron chi connectivity index (χ1n) is 5.97. The second-order valence-corrected chi connectivity index (χ2v) is 5.81. The zero-order valence-electron chi connectivity index (χ0n) is 10.4. The van der Waals surface area contributed by atoms with Crippen molar-refractivity contribution in [3.8, 4) is 0 Å². The minimum atomic E-state index is 0.179. The number of rotatable bonds is 1. The lowest BCUT2D eigenvalue weighted by Gasteiger charge is -2.25. The van der Waals surface area contributed by atoms with Crippen molar-refractivity contribution in [2.24, 2.45) is 0 Å². The van der Waals surface area contributed by atoms with Crippen LogP contribution in [0.4, 0.5) is 0 Å². The van der Waals surface area contributed by atoms with Crippen molar-refractivity contribution < 1.29 is 4.79 Å². The molecule has 0 saturated heterocycles. The number of thiophene rings is 1. The number of carbonyl (C=O) groups is 1. The molecule has 17 heavy (non-hydrogen) atoms. The monoisotopic (exact) mass is 248 g/mol. The van der Waals surface area contributed by atoms with Crippen molar-refractivity contribution in [1.82, 2.24) is 9.47 Å². The van der Waals surface area contributed by atoms with Crippen LogP contribution in [0.5, 0.6) is 0 Å². The SMILES string of the molecule is CC(C)n1c2c(c3sccc31)C(=O)N(C)CC2. The molecule has 2 aromatic rings. The summed E-state index contributed by atoms with van der Waals surface area (Å²) in [4.78, 5) is 14.1. The van der Waals surface area contributed by atoms with Gasteiger partial charge in [0.25, 0.3) is 5.91 Å². The molecule has 3 heterocycles. The van der Waals surface area contributed by atoms with Gasteiger partial charge in [0.2, 0.25) is 0 Å². The summed E-state index contributed by atoms with van der Waals surface area (Å²) in [6, 6.07) is 2.54. The van der Waals surface area contributed by atoms with Crippen LogP contribution in [0.1, 0.15) is 35.9 Å². The quantitative estimate of drug-likeness (QED) is 0.761. The number of aromatic nitrogens is 1. The Labute approximate surface area is 105 Å². The van der Waals surface area contributed by atoms with Crippen LogP contribution in [0.25, 0.3) is 10.2 Å². The molecule has 0 saturated carbocycles. The average molecular weight is 248 g/mol. The number of hydrogen-bond acceptors (Lipinski definition) is 2. The number of amides is 1. The van der Waals surface area contributed by atoms with E-state index >= 15 is 0 Å². The van der Waals surface area contributed by atoms with Gasteiger partial charge in [0.05, 0.1) is 15.8 Å². The molecule has 2 aromatic heterocycles. The number of fused-ring (bicyclic) bond motifs is 3. The molecule has 0 atom stereocenters. The lowest BCUT2D eigenvalue weighted by Crippen LogP contribution is -2.34. The lowest BCUT2D eigenvalue weighted by atomic mass is 10.1. The first kappa shape index (κ1) is 10.8. The van der Waals surface area contributed by atoms with Crippen molar-refractivity contribution in [2.45, 2.75) is 26.3 Å². The molecule has 90 valence electrons. The smallest absolute Gasteiger partial charge is 0.256 e. The molecular formula is C13H16N2OS. The van der Waals surface area contributed by atoms with E-state index in [1.807, 2.05) is 11.9 Å². The highest BCUT2D eigenvalue weighted by molar-refractivity contribution is 7.17. The van der Waals surface area contributed by atoms with Crippen molar-refractivity contribution in [1.29, 1.82) is 0 Å². The predicted octanol–water partition coefficient (Wildman–Crippen LogP) is 2.91. The van der Waals surface area contributed by atoms with Crippen LogP contribution in [0.3, 0.4) is 0 Å². The maximum Gasteiger partial charge on any atom is 0.256 e. The van der Waals surface area contributed by atoms with Gasteiger partial charge in [-0.05, 0) is 25.3 Å². The number of nitrogens with zero attached hydrogens (tertiary/aromatic N) is 2. The van der Waals surface area contributed by atoms with E-state index in [0.717, 1.165) is 23.2 Å². The first-order chi connectivity index (χ1) is 8.11. The van der Waals surface area contributed by atoms with Crippen molar-refractivity contribution >= 4 is 27.5 Å². The molecule has 1 aliphatic heterocycles. The third kappa shape index (κ3) is 1.37.